The maximum atomic E-state index is 12.9. The largest absolute Gasteiger partial charge is 0.399 e. The Labute approximate surface area is 159 Å². The summed E-state index contributed by atoms with van der Waals surface area (Å²) in [5, 5.41) is 9.68. The van der Waals surface area contributed by atoms with Crippen LogP contribution < -0.4 is 10.6 Å². The van der Waals surface area contributed by atoms with E-state index in [1.54, 1.807) is 12.1 Å². The maximum absolute atomic E-state index is 12.9. The van der Waals surface area contributed by atoms with Crippen LogP contribution in [0.2, 0.25) is 0 Å². The number of fused-ring (bicyclic) bond motifs is 1. The van der Waals surface area contributed by atoms with Gasteiger partial charge in [-0.2, -0.15) is 5.26 Å². The Hall–Kier alpha value is -2.30. The zero-order valence-corrected chi connectivity index (χ0v) is 15.7. The zero-order valence-electron chi connectivity index (χ0n) is 14.0. The molecule has 1 aromatic carbocycles. The molecule has 0 spiro atoms. The third-order valence-electron chi connectivity index (χ3n) is 4.73. The van der Waals surface area contributed by atoms with E-state index in [1.165, 1.54) is 28.0 Å². The highest BCUT2D eigenvalue weighted by molar-refractivity contribution is 8.00. The summed E-state index contributed by atoms with van der Waals surface area (Å²) in [6, 6.07) is 9.50. The minimum Gasteiger partial charge on any atom is -0.399 e. The van der Waals surface area contributed by atoms with E-state index in [0.717, 1.165) is 41.0 Å². The number of imide groups is 1. The van der Waals surface area contributed by atoms with Crippen molar-refractivity contribution in [1.29, 1.82) is 5.26 Å². The van der Waals surface area contributed by atoms with Crippen molar-refractivity contribution in [2.45, 2.75) is 42.2 Å². The van der Waals surface area contributed by atoms with Crippen LogP contribution in [0.25, 0.3) is 0 Å². The Kier molecular flexibility index (Phi) is 4.47. The van der Waals surface area contributed by atoms with Crippen molar-refractivity contribution < 1.29 is 9.59 Å². The Morgan fingerprint density at radius 2 is 1.92 bits per heavy atom. The van der Waals surface area contributed by atoms with Crippen LogP contribution in [0.4, 0.5) is 10.7 Å². The van der Waals surface area contributed by atoms with E-state index in [-0.39, 0.29) is 18.2 Å². The first-order valence-electron chi connectivity index (χ1n) is 8.52. The smallest absolute Gasteiger partial charge is 0.248 e. The SMILES string of the molecule is N#Cc1c(N2C(=O)CC(Sc3ccc(N)cc3)C2=O)sc2c1CCCC2. The fourth-order valence-corrected chi connectivity index (χ4v) is 5.86. The predicted octanol–water partition coefficient (Wildman–Crippen LogP) is 3.50. The number of nitrogen functional groups attached to an aromatic ring is 1. The second-order valence-corrected chi connectivity index (χ2v) is 8.81. The first kappa shape index (κ1) is 17.1. The van der Waals surface area contributed by atoms with Crippen LogP contribution in [-0.4, -0.2) is 17.1 Å². The minimum atomic E-state index is -0.461. The molecule has 4 rings (SSSR count). The van der Waals surface area contributed by atoms with Gasteiger partial charge in [0.25, 0.3) is 0 Å². The van der Waals surface area contributed by atoms with Crippen molar-refractivity contribution in [2.75, 3.05) is 10.6 Å². The summed E-state index contributed by atoms with van der Waals surface area (Å²) >= 11 is 2.81. The first-order valence-corrected chi connectivity index (χ1v) is 10.2. The number of nitriles is 1. The van der Waals surface area contributed by atoms with Gasteiger partial charge in [0.1, 0.15) is 11.1 Å². The number of thiophene rings is 1. The molecule has 1 unspecified atom stereocenters. The van der Waals surface area contributed by atoms with Crippen LogP contribution in [-0.2, 0) is 22.4 Å². The highest BCUT2D eigenvalue weighted by Crippen LogP contribution is 2.43. The van der Waals surface area contributed by atoms with Gasteiger partial charge in [-0.1, -0.05) is 0 Å². The molecule has 7 heteroatoms. The number of carbonyl (C=O) groups is 2. The summed E-state index contributed by atoms with van der Waals surface area (Å²) < 4.78 is 0. The summed E-state index contributed by atoms with van der Waals surface area (Å²) in [5.41, 5.74) is 7.91. The quantitative estimate of drug-likeness (QED) is 0.647. The van der Waals surface area contributed by atoms with Gasteiger partial charge < -0.3 is 5.73 Å². The van der Waals surface area contributed by atoms with Gasteiger partial charge >= 0.3 is 0 Å². The van der Waals surface area contributed by atoms with Crippen LogP contribution in [0.15, 0.2) is 29.2 Å². The second kappa shape index (κ2) is 6.78. The third kappa shape index (κ3) is 2.89. The fourth-order valence-electron chi connectivity index (χ4n) is 3.44. The topological polar surface area (TPSA) is 87.2 Å². The number of carbonyl (C=O) groups excluding carboxylic acids is 2. The Balaban J connectivity index is 1.63. The van der Waals surface area contributed by atoms with E-state index >= 15 is 0 Å². The molecule has 2 aliphatic rings. The molecule has 2 N–H and O–H groups in total. The van der Waals surface area contributed by atoms with Crippen LogP contribution >= 0.6 is 23.1 Å². The number of hydrogen-bond donors (Lipinski definition) is 1. The Morgan fingerprint density at radius 1 is 1.19 bits per heavy atom. The van der Waals surface area contributed by atoms with E-state index < -0.39 is 5.25 Å². The van der Waals surface area contributed by atoms with Crippen LogP contribution in [0.1, 0.15) is 35.3 Å². The summed E-state index contributed by atoms with van der Waals surface area (Å²) in [6.45, 7) is 0. The number of benzene rings is 1. The zero-order chi connectivity index (χ0) is 18.3. The number of nitrogens with two attached hydrogens (primary N) is 1. The third-order valence-corrected chi connectivity index (χ3v) is 7.21. The fraction of sp³-hybridized carbons (Fsp3) is 0.316. The van der Waals surface area contributed by atoms with Gasteiger partial charge in [0.2, 0.25) is 11.8 Å². The van der Waals surface area contributed by atoms with E-state index in [9.17, 15) is 14.9 Å². The average molecular weight is 383 g/mol. The molecule has 2 amide bonds. The van der Waals surface area contributed by atoms with Gasteiger partial charge in [-0.15, -0.1) is 23.1 Å². The number of aryl methyl sites for hydroxylation is 1. The van der Waals surface area contributed by atoms with Crippen LogP contribution in [0.5, 0.6) is 0 Å². The number of nitrogens with zero attached hydrogens (tertiary/aromatic N) is 2. The molecule has 1 saturated heterocycles. The monoisotopic (exact) mass is 383 g/mol. The summed E-state index contributed by atoms with van der Waals surface area (Å²) in [7, 11) is 0. The van der Waals surface area contributed by atoms with Gasteiger partial charge in [0, 0.05) is 21.9 Å². The number of rotatable bonds is 3. The molecule has 0 saturated carbocycles. The molecule has 5 nitrogen and oxygen atoms in total. The molecule has 1 atom stereocenters. The van der Waals surface area contributed by atoms with E-state index in [2.05, 4.69) is 6.07 Å². The number of anilines is 2. The molecule has 1 aliphatic carbocycles. The van der Waals surface area contributed by atoms with Crippen LogP contribution in [0.3, 0.4) is 0 Å². The number of thioether (sulfide) groups is 1. The van der Waals surface area contributed by atoms with Crippen molar-refractivity contribution in [3.05, 3.63) is 40.3 Å². The Bertz CT molecular complexity index is 927. The van der Waals surface area contributed by atoms with Crippen molar-refractivity contribution in [3.63, 3.8) is 0 Å². The summed E-state index contributed by atoms with van der Waals surface area (Å²) in [5.74, 6) is -0.454. The highest BCUT2D eigenvalue weighted by atomic mass is 32.2. The minimum absolute atomic E-state index is 0.154. The van der Waals surface area contributed by atoms with Gasteiger partial charge in [-0.05, 0) is 55.5 Å². The second-order valence-electron chi connectivity index (χ2n) is 6.45. The van der Waals surface area contributed by atoms with Crippen molar-refractivity contribution >= 4 is 45.6 Å². The normalized spacial score (nSPS) is 19.5. The standard InChI is InChI=1S/C19H17N3O2S2/c20-10-14-13-3-1-2-4-15(13)26-19(14)22-17(23)9-16(18(22)24)25-12-7-5-11(21)6-8-12/h5-8,16H,1-4,9,21H2. The molecule has 1 aromatic heterocycles. The molecule has 26 heavy (non-hydrogen) atoms. The van der Waals surface area contributed by atoms with Gasteiger partial charge in [-0.3, -0.25) is 9.59 Å². The highest BCUT2D eigenvalue weighted by Gasteiger charge is 2.42. The number of hydrogen-bond acceptors (Lipinski definition) is 6. The predicted molar refractivity (Wildman–Crippen MR) is 103 cm³/mol. The van der Waals surface area contributed by atoms with Gasteiger partial charge in [0.15, 0.2) is 0 Å². The van der Waals surface area contributed by atoms with Gasteiger partial charge in [0.05, 0.1) is 10.8 Å². The molecule has 1 aliphatic heterocycles. The van der Waals surface area contributed by atoms with E-state index in [4.69, 9.17) is 5.73 Å². The van der Waals surface area contributed by atoms with Crippen molar-refractivity contribution in [3.8, 4) is 6.07 Å². The lowest BCUT2D eigenvalue weighted by atomic mass is 9.96. The summed E-state index contributed by atoms with van der Waals surface area (Å²) in [6.07, 6.45) is 4.08. The molecular weight excluding hydrogens is 366 g/mol. The first-order chi connectivity index (χ1) is 12.6. The molecular formula is C19H17N3O2S2. The molecule has 2 aromatic rings. The molecule has 2 heterocycles. The number of amides is 2. The molecule has 0 bridgehead atoms. The van der Waals surface area contributed by atoms with Gasteiger partial charge in [-0.25, -0.2) is 4.90 Å². The Morgan fingerprint density at radius 3 is 2.65 bits per heavy atom. The van der Waals surface area contributed by atoms with E-state index in [0.29, 0.717) is 16.3 Å². The lowest BCUT2D eigenvalue weighted by molar-refractivity contribution is -0.121. The molecule has 0 radical (unpaired) electrons. The van der Waals surface area contributed by atoms with Crippen LogP contribution in [0, 0.1) is 11.3 Å². The summed E-state index contributed by atoms with van der Waals surface area (Å²) in [4.78, 5) is 28.8. The molecule has 1 fully saturated rings. The maximum Gasteiger partial charge on any atom is 0.248 e. The van der Waals surface area contributed by atoms with Crippen molar-refractivity contribution in [2.24, 2.45) is 0 Å². The molecule has 132 valence electrons. The van der Waals surface area contributed by atoms with Crippen molar-refractivity contribution in [1.82, 2.24) is 0 Å². The lowest BCUT2D eigenvalue weighted by Gasteiger charge is -2.13. The average Bonchev–Trinajstić information content (AvgIpc) is 3.13. The van der Waals surface area contributed by atoms with E-state index in [1.807, 2.05) is 12.1 Å². The lowest BCUT2D eigenvalue weighted by Crippen LogP contribution is -2.31.